The Labute approximate surface area is 172 Å². The van der Waals surface area contributed by atoms with Crippen molar-refractivity contribution in [3.63, 3.8) is 0 Å². The number of rotatable bonds is 7. The molecule has 1 aliphatic rings. The molecule has 1 N–H and O–H groups in total. The van der Waals surface area contributed by atoms with Gasteiger partial charge in [0.1, 0.15) is 11.2 Å². The molecule has 2 aromatic carbocycles. The number of esters is 1. The predicted molar refractivity (Wildman–Crippen MR) is 110 cm³/mol. The maximum Gasteiger partial charge on any atom is 0.306 e. The normalized spacial score (nSPS) is 16.0. The second kappa shape index (κ2) is 9.56. The predicted octanol–water partition coefficient (Wildman–Crippen LogP) is 3.89. The fourth-order valence-corrected chi connectivity index (χ4v) is 4.13. The largest absolute Gasteiger partial charge is 0.466 e. The zero-order valence-electron chi connectivity index (χ0n) is 15.9. The first kappa shape index (κ1) is 20.9. The number of halogens is 1. The van der Waals surface area contributed by atoms with E-state index in [4.69, 9.17) is 4.74 Å². The van der Waals surface area contributed by atoms with Crippen molar-refractivity contribution in [2.45, 2.75) is 25.1 Å². The van der Waals surface area contributed by atoms with Gasteiger partial charge in [-0.3, -0.25) is 19.3 Å². The van der Waals surface area contributed by atoms with Gasteiger partial charge in [0.15, 0.2) is 0 Å². The number of nitrogens with zero attached hydrogens (tertiary/aromatic N) is 1. The van der Waals surface area contributed by atoms with Gasteiger partial charge in [0.2, 0.25) is 11.8 Å². The van der Waals surface area contributed by atoms with Crippen molar-refractivity contribution in [3.8, 4) is 0 Å². The molecule has 0 bridgehead atoms. The molecule has 29 heavy (non-hydrogen) atoms. The maximum atomic E-state index is 13.2. The lowest BCUT2D eigenvalue weighted by atomic mass is 10.1. The molecule has 3 rings (SSSR count). The van der Waals surface area contributed by atoms with E-state index in [2.05, 4.69) is 5.32 Å². The standard InChI is InChI=1S/C21H21FN2O4S/c1-2-28-20(27)12-11-18(25)23-16-7-3-14(4-8-16)21-24(19(26)13-29-21)17-9-5-15(22)6-10-17/h3-10,21H,2,11-13H2,1H3,(H,23,25)/t21-/m1/s1. The van der Waals surface area contributed by atoms with Gasteiger partial charge in [-0.15, -0.1) is 11.8 Å². The molecule has 0 saturated carbocycles. The Kier molecular flexibility index (Phi) is 6.87. The second-order valence-corrected chi connectivity index (χ2v) is 7.45. The molecule has 2 amide bonds. The number of anilines is 2. The number of nitrogens with one attached hydrogen (secondary N) is 1. The molecule has 0 unspecified atom stereocenters. The first-order valence-electron chi connectivity index (χ1n) is 9.22. The Morgan fingerprint density at radius 1 is 1.14 bits per heavy atom. The van der Waals surface area contributed by atoms with Crippen LogP contribution in [0.2, 0.25) is 0 Å². The van der Waals surface area contributed by atoms with Gasteiger partial charge in [-0.25, -0.2) is 4.39 Å². The summed E-state index contributed by atoms with van der Waals surface area (Å²) in [6.45, 7) is 2.01. The highest BCUT2D eigenvalue weighted by Gasteiger charge is 2.34. The van der Waals surface area contributed by atoms with Crippen LogP contribution in [0, 0.1) is 5.82 Å². The average Bonchev–Trinajstić information content (AvgIpc) is 3.09. The van der Waals surface area contributed by atoms with E-state index in [0.717, 1.165) is 5.56 Å². The third-order valence-electron chi connectivity index (χ3n) is 4.31. The number of amides is 2. The van der Waals surface area contributed by atoms with Gasteiger partial charge in [-0.1, -0.05) is 12.1 Å². The smallest absolute Gasteiger partial charge is 0.306 e. The minimum Gasteiger partial charge on any atom is -0.466 e. The monoisotopic (exact) mass is 416 g/mol. The van der Waals surface area contributed by atoms with Crippen LogP contribution in [0.15, 0.2) is 48.5 Å². The summed E-state index contributed by atoms with van der Waals surface area (Å²) >= 11 is 1.49. The molecule has 0 aromatic heterocycles. The summed E-state index contributed by atoms with van der Waals surface area (Å²) < 4.78 is 18.0. The van der Waals surface area contributed by atoms with E-state index in [9.17, 15) is 18.8 Å². The van der Waals surface area contributed by atoms with E-state index < -0.39 is 5.97 Å². The second-order valence-electron chi connectivity index (χ2n) is 6.38. The first-order chi connectivity index (χ1) is 14.0. The Balaban J connectivity index is 1.64. The summed E-state index contributed by atoms with van der Waals surface area (Å²) in [6.07, 6.45) is 0.0805. The maximum absolute atomic E-state index is 13.2. The van der Waals surface area contributed by atoms with Crippen molar-refractivity contribution in [3.05, 3.63) is 59.9 Å². The number of thioether (sulfide) groups is 1. The number of benzene rings is 2. The quantitative estimate of drug-likeness (QED) is 0.693. The number of hydrogen-bond donors (Lipinski definition) is 1. The van der Waals surface area contributed by atoms with Gasteiger partial charge in [0, 0.05) is 17.8 Å². The number of hydrogen-bond acceptors (Lipinski definition) is 5. The lowest BCUT2D eigenvalue weighted by Crippen LogP contribution is -2.27. The number of carbonyl (C=O) groups excluding carboxylic acids is 3. The molecule has 0 aliphatic carbocycles. The summed E-state index contributed by atoms with van der Waals surface area (Å²) in [6, 6.07) is 13.0. The molecule has 1 fully saturated rings. The molecule has 2 aromatic rings. The highest BCUT2D eigenvalue weighted by atomic mass is 32.2. The van der Waals surface area contributed by atoms with Crippen LogP contribution in [0.3, 0.4) is 0 Å². The van der Waals surface area contributed by atoms with Gasteiger partial charge in [0.25, 0.3) is 0 Å². The lowest BCUT2D eigenvalue weighted by Gasteiger charge is -2.24. The van der Waals surface area contributed by atoms with Crippen LogP contribution in [0.25, 0.3) is 0 Å². The number of ether oxygens (including phenoxy) is 1. The zero-order chi connectivity index (χ0) is 20.8. The van der Waals surface area contributed by atoms with Gasteiger partial charge in [-0.05, 0) is 48.9 Å². The Morgan fingerprint density at radius 3 is 2.48 bits per heavy atom. The summed E-state index contributed by atoms with van der Waals surface area (Å²) in [5.41, 5.74) is 2.14. The molecule has 8 heteroatoms. The Hall–Kier alpha value is -2.87. The summed E-state index contributed by atoms with van der Waals surface area (Å²) in [7, 11) is 0. The van der Waals surface area contributed by atoms with Crippen LogP contribution < -0.4 is 10.2 Å². The van der Waals surface area contributed by atoms with Crippen LogP contribution in [0.4, 0.5) is 15.8 Å². The van der Waals surface area contributed by atoms with E-state index in [1.54, 1.807) is 36.1 Å². The highest BCUT2D eigenvalue weighted by Crippen LogP contribution is 2.41. The minimum atomic E-state index is -0.401. The third kappa shape index (κ3) is 5.35. The van der Waals surface area contributed by atoms with Crippen LogP contribution in [0.5, 0.6) is 0 Å². The third-order valence-corrected chi connectivity index (χ3v) is 5.53. The fraction of sp³-hybridized carbons (Fsp3) is 0.286. The van der Waals surface area contributed by atoms with E-state index in [-0.39, 0.29) is 35.8 Å². The van der Waals surface area contributed by atoms with Crippen LogP contribution >= 0.6 is 11.8 Å². The molecule has 1 atom stereocenters. The van der Waals surface area contributed by atoms with Crippen molar-refractivity contribution in [2.75, 3.05) is 22.6 Å². The molecule has 0 radical (unpaired) electrons. The topological polar surface area (TPSA) is 75.7 Å². The molecule has 1 heterocycles. The van der Waals surface area contributed by atoms with Crippen molar-refractivity contribution >= 4 is 40.9 Å². The average molecular weight is 416 g/mol. The molecule has 6 nitrogen and oxygen atoms in total. The van der Waals surface area contributed by atoms with Crippen molar-refractivity contribution in [1.29, 1.82) is 0 Å². The van der Waals surface area contributed by atoms with E-state index in [1.807, 2.05) is 12.1 Å². The van der Waals surface area contributed by atoms with E-state index in [0.29, 0.717) is 23.7 Å². The molecular weight excluding hydrogens is 395 g/mol. The first-order valence-corrected chi connectivity index (χ1v) is 10.3. The molecular formula is C21H21FN2O4S. The molecule has 0 spiro atoms. The summed E-state index contributed by atoms with van der Waals surface area (Å²) in [5.74, 6) is -0.726. The Morgan fingerprint density at radius 2 is 1.83 bits per heavy atom. The zero-order valence-corrected chi connectivity index (χ0v) is 16.7. The van der Waals surface area contributed by atoms with Gasteiger partial charge in [-0.2, -0.15) is 0 Å². The molecule has 1 aliphatic heterocycles. The fourth-order valence-electron chi connectivity index (χ4n) is 2.95. The van der Waals surface area contributed by atoms with Crippen molar-refractivity contribution in [2.24, 2.45) is 0 Å². The molecule has 152 valence electrons. The van der Waals surface area contributed by atoms with Gasteiger partial charge < -0.3 is 10.1 Å². The van der Waals surface area contributed by atoms with E-state index >= 15 is 0 Å². The van der Waals surface area contributed by atoms with Crippen LogP contribution in [-0.2, 0) is 19.1 Å². The van der Waals surface area contributed by atoms with Gasteiger partial charge >= 0.3 is 5.97 Å². The van der Waals surface area contributed by atoms with E-state index in [1.165, 1.54) is 23.9 Å². The minimum absolute atomic E-state index is 0.0329. The summed E-state index contributed by atoms with van der Waals surface area (Å²) in [4.78, 5) is 37.3. The number of carbonyl (C=O) groups is 3. The lowest BCUT2D eigenvalue weighted by molar-refractivity contribution is -0.144. The Bertz CT molecular complexity index is 887. The molecule has 1 saturated heterocycles. The van der Waals surface area contributed by atoms with Gasteiger partial charge in [0.05, 0.1) is 18.8 Å². The highest BCUT2D eigenvalue weighted by molar-refractivity contribution is 8.00. The SMILES string of the molecule is CCOC(=O)CCC(=O)Nc1ccc([C@H]2SCC(=O)N2c2ccc(F)cc2)cc1. The van der Waals surface area contributed by atoms with Crippen molar-refractivity contribution in [1.82, 2.24) is 0 Å². The van der Waals surface area contributed by atoms with Crippen molar-refractivity contribution < 1.29 is 23.5 Å². The van der Waals surface area contributed by atoms with Crippen LogP contribution in [-0.4, -0.2) is 30.1 Å². The van der Waals surface area contributed by atoms with Crippen LogP contribution in [0.1, 0.15) is 30.7 Å². The summed E-state index contributed by atoms with van der Waals surface area (Å²) in [5, 5.41) is 2.52.